The lowest BCUT2D eigenvalue weighted by molar-refractivity contribution is -0.119. The highest BCUT2D eigenvalue weighted by molar-refractivity contribution is 6.33. The van der Waals surface area contributed by atoms with E-state index in [4.69, 9.17) is 18.5 Å². The second kappa shape index (κ2) is 2.81. The Hall–Kier alpha value is -1.59. The summed E-state index contributed by atoms with van der Waals surface area (Å²) in [4.78, 5) is 10.9. The fraction of sp³-hybridized carbons (Fsp3) is 0.250. The summed E-state index contributed by atoms with van der Waals surface area (Å²) in [7, 11) is 5.40. The molecule has 0 amide bonds. The van der Waals surface area contributed by atoms with Crippen molar-refractivity contribution in [3.8, 4) is 6.07 Å². The van der Waals surface area contributed by atoms with Crippen LogP contribution in [0.5, 0.6) is 0 Å². The number of rotatable bonds is 1. The summed E-state index contributed by atoms with van der Waals surface area (Å²) in [5, 5.41) is 15.3. The van der Waals surface area contributed by atoms with E-state index in [1.54, 1.807) is 6.07 Å². The number of nitrogens with zero attached hydrogens (tertiary/aromatic N) is 1. The molecule has 0 aromatic heterocycles. The molecular weight excluding hydrogens is 151 g/mol. The molecule has 0 aromatic rings. The monoisotopic (exact) mass is 156 g/mol. The molecule has 1 fully saturated rings. The molecule has 56 valence electrons. The van der Waals surface area contributed by atoms with Crippen molar-refractivity contribution in [2.45, 2.75) is 5.82 Å². The molecule has 12 heavy (non-hydrogen) atoms. The number of hydrogen-bond donors (Lipinski definition) is 1. The highest BCUT2D eigenvalue weighted by atomic mass is 16.1. The second-order valence-corrected chi connectivity index (χ2v) is 2.54. The largest absolute Gasteiger partial charge is 0.295 e. The van der Waals surface area contributed by atoms with Crippen LogP contribution in [0.25, 0.3) is 0 Å². The van der Waals surface area contributed by atoms with Gasteiger partial charge >= 0.3 is 0 Å². The summed E-state index contributed by atoms with van der Waals surface area (Å²) in [6.45, 7) is 3.47. The maximum atomic E-state index is 10.9. The summed E-state index contributed by atoms with van der Waals surface area (Å²) >= 11 is 0. The smallest absolute Gasteiger partial charge is 0.154 e. The topological polar surface area (TPSA) is 64.7 Å². The van der Waals surface area contributed by atoms with Crippen molar-refractivity contribution >= 4 is 19.5 Å². The maximum Gasteiger partial charge on any atom is 0.154 e. The van der Waals surface area contributed by atoms with Crippen LogP contribution < -0.4 is 0 Å². The molecule has 2 atom stereocenters. The lowest BCUT2D eigenvalue weighted by Gasteiger charge is -2.33. The first-order valence-electron chi connectivity index (χ1n) is 3.31. The van der Waals surface area contributed by atoms with E-state index >= 15 is 0 Å². The van der Waals surface area contributed by atoms with Crippen LogP contribution in [0.4, 0.5) is 0 Å². The number of Topliss-reactive ketones (excluding diaryl/α,β-unsaturated/α-hetero) is 1. The third kappa shape index (κ3) is 0.921. The van der Waals surface area contributed by atoms with E-state index in [2.05, 4.69) is 6.58 Å². The van der Waals surface area contributed by atoms with Gasteiger partial charge in [0.05, 0.1) is 13.4 Å². The molecule has 2 unspecified atom stereocenters. The summed E-state index contributed by atoms with van der Waals surface area (Å²) in [6.07, 6.45) is 0. The molecule has 0 aromatic carbocycles. The van der Waals surface area contributed by atoms with Gasteiger partial charge in [-0.3, -0.25) is 10.2 Å². The van der Waals surface area contributed by atoms with E-state index < -0.39 is 11.7 Å². The zero-order chi connectivity index (χ0) is 9.30. The van der Waals surface area contributed by atoms with Crippen molar-refractivity contribution in [3.63, 3.8) is 0 Å². The zero-order valence-corrected chi connectivity index (χ0v) is 6.29. The molecule has 4 heteroatoms. The van der Waals surface area contributed by atoms with Crippen molar-refractivity contribution in [1.82, 2.24) is 0 Å². The molecule has 1 aliphatic rings. The highest BCUT2D eigenvalue weighted by Crippen LogP contribution is 2.41. The molecule has 2 radical (unpaired) electrons. The van der Waals surface area contributed by atoms with Gasteiger partial charge in [-0.25, -0.2) is 0 Å². The Labute approximate surface area is 71.3 Å². The summed E-state index contributed by atoms with van der Waals surface area (Å²) in [5.74, 6) is 0.524. The Morgan fingerprint density at radius 2 is 2.33 bits per heavy atom. The summed E-state index contributed by atoms with van der Waals surface area (Å²) in [6, 6.07) is 1.76. The average Bonchev–Trinajstić information content (AvgIpc) is 2.12. The van der Waals surface area contributed by atoms with Crippen LogP contribution in [0.3, 0.4) is 0 Å². The van der Waals surface area contributed by atoms with E-state index in [9.17, 15) is 4.79 Å². The van der Waals surface area contributed by atoms with Gasteiger partial charge < -0.3 is 0 Å². The van der Waals surface area contributed by atoms with Crippen molar-refractivity contribution < 1.29 is 4.79 Å². The Balaban J connectivity index is 2.95. The van der Waals surface area contributed by atoms with Crippen LogP contribution >= 0.6 is 0 Å². The lowest BCUT2D eigenvalue weighted by Crippen LogP contribution is -2.36. The third-order valence-corrected chi connectivity index (χ3v) is 1.92. The highest BCUT2D eigenvalue weighted by Gasteiger charge is 2.42. The van der Waals surface area contributed by atoms with E-state index in [1.807, 2.05) is 5.87 Å². The van der Waals surface area contributed by atoms with Gasteiger partial charge in [0.2, 0.25) is 0 Å². The molecular formula is C8H5BN2O. The van der Waals surface area contributed by atoms with Gasteiger partial charge in [0.25, 0.3) is 0 Å². The van der Waals surface area contributed by atoms with Crippen molar-refractivity contribution in [3.05, 3.63) is 17.7 Å². The van der Waals surface area contributed by atoms with Crippen LogP contribution in [0, 0.1) is 22.7 Å². The van der Waals surface area contributed by atoms with Crippen LogP contribution in [0.15, 0.2) is 17.7 Å². The predicted octanol–water partition coefficient (Wildman–Crippen LogP) is 0.397. The quantitative estimate of drug-likeness (QED) is 0.258. The van der Waals surface area contributed by atoms with Gasteiger partial charge in [-0.1, -0.05) is 6.58 Å². The van der Waals surface area contributed by atoms with E-state index in [1.165, 1.54) is 0 Å². The van der Waals surface area contributed by atoms with Gasteiger partial charge in [-0.05, 0) is 17.3 Å². The Morgan fingerprint density at radius 1 is 1.75 bits per heavy atom. The first-order valence-corrected chi connectivity index (χ1v) is 3.31. The van der Waals surface area contributed by atoms with Crippen LogP contribution in [0.2, 0.25) is 5.82 Å². The molecule has 0 saturated heterocycles. The van der Waals surface area contributed by atoms with Crippen molar-refractivity contribution in [2.75, 3.05) is 0 Å². The van der Waals surface area contributed by atoms with Gasteiger partial charge in [-0.2, -0.15) is 5.26 Å². The van der Waals surface area contributed by atoms with E-state index in [-0.39, 0.29) is 11.4 Å². The fourth-order valence-electron chi connectivity index (χ4n) is 1.17. The molecule has 0 spiro atoms. The van der Waals surface area contributed by atoms with Gasteiger partial charge in [-0.15, -0.1) is 0 Å². The third-order valence-electron chi connectivity index (χ3n) is 1.92. The molecule has 0 heterocycles. The van der Waals surface area contributed by atoms with Crippen LogP contribution in [0.1, 0.15) is 0 Å². The number of allylic oxidation sites excluding steroid dienone is 2. The number of carbonyl (C=O) groups excluding carboxylic acids is 1. The molecule has 1 rings (SSSR count). The molecule has 1 saturated carbocycles. The Kier molecular flexibility index (Phi) is 1.99. The normalized spacial score (nSPS) is 26.9. The van der Waals surface area contributed by atoms with Crippen LogP contribution in [-0.4, -0.2) is 19.5 Å². The Bertz CT molecular complexity index is 347. The SMILES string of the molecule is [B]C1C(=O)C(=C)C1C(=C=N)C#N. The summed E-state index contributed by atoms with van der Waals surface area (Å²) < 4.78 is 0. The predicted molar refractivity (Wildman–Crippen MR) is 44.0 cm³/mol. The fourth-order valence-corrected chi connectivity index (χ4v) is 1.17. The maximum absolute atomic E-state index is 10.9. The standard InChI is InChI=1S/C8H5BN2O/c1-4-6(5(2-10)3-11)7(9)8(4)12/h6-7,10H,1H2. The molecule has 0 bridgehead atoms. The Morgan fingerprint density at radius 3 is 2.67 bits per heavy atom. The van der Waals surface area contributed by atoms with Gasteiger partial charge in [0, 0.05) is 5.92 Å². The number of ketones is 1. The van der Waals surface area contributed by atoms with Gasteiger partial charge in [0.1, 0.15) is 6.07 Å². The summed E-state index contributed by atoms with van der Waals surface area (Å²) in [5.41, 5.74) is 0.380. The molecule has 0 aliphatic heterocycles. The minimum absolute atomic E-state index is 0.0760. The van der Waals surface area contributed by atoms with Crippen molar-refractivity contribution in [2.24, 2.45) is 5.92 Å². The van der Waals surface area contributed by atoms with E-state index in [0.29, 0.717) is 5.57 Å². The minimum Gasteiger partial charge on any atom is -0.295 e. The molecule has 1 aliphatic carbocycles. The van der Waals surface area contributed by atoms with E-state index in [0.717, 1.165) is 0 Å². The second-order valence-electron chi connectivity index (χ2n) is 2.54. The number of hydrogen-bond acceptors (Lipinski definition) is 3. The number of nitrogens with one attached hydrogen (secondary N) is 1. The lowest BCUT2D eigenvalue weighted by atomic mass is 9.56. The zero-order valence-electron chi connectivity index (χ0n) is 6.29. The number of carbonyl (C=O) groups is 1. The van der Waals surface area contributed by atoms with Gasteiger partial charge in [0.15, 0.2) is 5.78 Å². The average molecular weight is 156 g/mol. The molecule has 1 N–H and O–H groups in total. The first kappa shape index (κ1) is 8.51. The van der Waals surface area contributed by atoms with Crippen molar-refractivity contribution in [1.29, 1.82) is 10.7 Å². The minimum atomic E-state index is -0.704. The number of nitriles is 1. The first-order chi connectivity index (χ1) is 5.63. The van der Waals surface area contributed by atoms with Crippen LogP contribution in [-0.2, 0) is 4.79 Å². The molecule has 3 nitrogen and oxygen atoms in total.